The van der Waals surface area contributed by atoms with Crippen LogP contribution < -0.4 is 0 Å². The quantitative estimate of drug-likeness (QED) is 0.609. The predicted octanol–water partition coefficient (Wildman–Crippen LogP) is 5.53. The zero-order valence-electron chi connectivity index (χ0n) is 15.8. The maximum Gasteiger partial charge on any atom is 0.143 e. The van der Waals surface area contributed by atoms with Crippen molar-refractivity contribution in [2.45, 2.75) is 33.1 Å². The Morgan fingerprint density at radius 3 is 2.37 bits per heavy atom. The van der Waals surface area contributed by atoms with Crippen LogP contribution in [0.4, 0.5) is 5.69 Å². The molecule has 0 fully saturated rings. The lowest BCUT2D eigenvalue weighted by Crippen LogP contribution is -2.09. The number of aryl methyl sites for hydroxylation is 2. The number of rotatable bonds is 3. The van der Waals surface area contributed by atoms with Crippen molar-refractivity contribution in [3.05, 3.63) is 100 Å². The van der Waals surface area contributed by atoms with Crippen LogP contribution in [0.2, 0.25) is 0 Å². The van der Waals surface area contributed by atoms with Crippen LogP contribution in [-0.2, 0) is 17.6 Å². The molecule has 0 aromatic heterocycles. The highest BCUT2D eigenvalue weighted by molar-refractivity contribution is 6.13. The van der Waals surface area contributed by atoms with E-state index in [9.17, 15) is 4.79 Å². The highest BCUT2D eigenvalue weighted by atomic mass is 16.1. The molecule has 0 saturated heterocycles. The predicted molar refractivity (Wildman–Crippen MR) is 111 cm³/mol. The maximum absolute atomic E-state index is 12.5. The van der Waals surface area contributed by atoms with Gasteiger partial charge in [-0.15, -0.1) is 0 Å². The van der Waals surface area contributed by atoms with E-state index in [4.69, 9.17) is 4.99 Å². The standard InChI is InChI=1S/C25H23NO/c1-17-11-22-15-23(27)16-25(26-24(22)12-18(17)2)21-10-6-9-20(14-21)13-19-7-4-3-5-8-19/h3-12,14H,13,15-16H2,1-2H3. The normalized spacial score (nSPS) is 13.7. The van der Waals surface area contributed by atoms with E-state index < -0.39 is 0 Å². The Labute approximate surface area is 160 Å². The Morgan fingerprint density at radius 2 is 1.56 bits per heavy atom. The third-order valence-electron chi connectivity index (χ3n) is 5.21. The molecule has 0 spiro atoms. The van der Waals surface area contributed by atoms with Crippen LogP contribution in [0.5, 0.6) is 0 Å². The van der Waals surface area contributed by atoms with Gasteiger partial charge in [0.2, 0.25) is 0 Å². The monoisotopic (exact) mass is 353 g/mol. The van der Waals surface area contributed by atoms with E-state index in [1.54, 1.807) is 0 Å². The molecule has 2 heteroatoms. The molecule has 0 radical (unpaired) electrons. The zero-order valence-corrected chi connectivity index (χ0v) is 15.8. The van der Waals surface area contributed by atoms with E-state index in [1.165, 1.54) is 22.3 Å². The van der Waals surface area contributed by atoms with Crippen LogP contribution >= 0.6 is 0 Å². The Balaban J connectivity index is 1.71. The van der Waals surface area contributed by atoms with Gasteiger partial charge in [-0.2, -0.15) is 0 Å². The Hall–Kier alpha value is -3.00. The Bertz CT molecular complexity index is 1030. The van der Waals surface area contributed by atoms with Crippen LogP contribution in [0.15, 0.2) is 71.7 Å². The van der Waals surface area contributed by atoms with Gasteiger partial charge in [-0.1, -0.05) is 54.6 Å². The summed E-state index contributed by atoms with van der Waals surface area (Å²) in [6.45, 7) is 4.18. The van der Waals surface area contributed by atoms with Crippen molar-refractivity contribution in [2.75, 3.05) is 0 Å². The summed E-state index contributed by atoms with van der Waals surface area (Å²) in [7, 11) is 0. The van der Waals surface area contributed by atoms with Gasteiger partial charge >= 0.3 is 0 Å². The minimum atomic E-state index is 0.226. The van der Waals surface area contributed by atoms with Gasteiger partial charge in [0.05, 0.1) is 11.4 Å². The van der Waals surface area contributed by atoms with Crippen LogP contribution in [0.3, 0.4) is 0 Å². The van der Waals surface area contributed by atoms with Gasteiger partial charge in [0.25, 0.3) is 0 Å². The van der Waals surface area contributed by atoms with E-state index in [2.05, 4.69) is 74.5 Å². The van der Waals surface area contributed by atoms with Gasteiger partial charge in [0.1, 0.15) is 5.78 Å². The molecule has 2 nitrogen and oxygen atoms in total. The fraction of sp³-hybridized carbons (Fsp3) is 0.200. The molecule has 0 unspecified atom stereocenters. The summed E-state index contributed by atoms with van der Waals surface area (Å²) >= 11 is 0. The summed E-state index contributed by atoms with van der Waals surface area (Å²) in [6.07, 6.45) is 1.74. The molecule has 1 aliphatic rings. The first kappa shape index (κ1) is 17.4. The van der Waals surface area contributed by atoms with E-state index in [0.29, 0.717) is 12.8 Å². The average molecular weight is 353 g/mol. The number of fused-ring (bicyclic) bond motifs is 1. The van der Waals surface area contributed by atoms with Gasteiger partial charge in [-0.3, -0.25) is 9.79 Å². The SMILES string of the molecule is Cc1cc2c(cc1C)N=C(c1cccc(Cc3ccccc3)c1)CC(=O)C2. The first-order valence-corrected chi connectivity index (χ1v) is 9.41. The van der Waals surface area contributed by atoms with E-state index in [1.807, 2.05) is 6.07 Å². The van der Waals surface area contributed by atoms with Crippen molar-refractivity contribution in [3.8, 4) is 0 Å². The topological polar surface area (TPSA) is 29.4 Å². The zero-order chi connectivity index (χ0) is 18.8. The fourth-order valence-corrected chi connectivity index (χ4v) is 3.61. The number of ketones is 1. The molecule has 4 rings (SSSR count). The maximum atomic E-state index is 12.5. The number of hydrogen-bond donors (Lipinski definition) is 0. The molecule has 0 amide bonds. The summed E-state index contributed by atoms with van der Waals surface area (Å²) in [5.41, 5.74) is 8.84. The van der Waals surface area contributed by atoms with Crippen molar-refractivity contribution in [2.24, 2.45) is 4.99 Å². The second-order valence-electron chi connectivity index (χ2n) is 7.38. The third-order valence-corrected chi connectivity index (χ3v) is 5.21. The molecule has 0 atom stereocenters. The van der Waals surface area contributed by atoms with Crippen molar-refractivity contribution in [1.29, 1.82) is 0 Å². The number of carbonyl (C=O) groups excluding carboxylic acids is 1. The van der Waals surface area contributed by atoms with Crippen LogP contribution in [0.1, 0.15) is 39.8 Å². The van der Waals surface area contributed by atoms with Crippen LogP contribution in [-0.4, -0.2) is 11.5 Å². The van der Waals surface area contributed by atoms with Crippen molar-refractivity contribution in [3.63, 3.8) is 0 Å². The molecular weight excluding hydrogens is 330 g/mol. The molecule has 0 bridgehead atoms. The molecule has 1 heterocycles. The van der Waals surface area contributed by atoms with Gasteiger partial charge in [-0.05, 0) is 65.8 Å². The van der Waals surface area contributed by atoms with E-state index in [0.717, 1.165) is 28.9 Å². The van der Waals surface area contributed by atoms with Crippen molar-refractivity contribution >= 4 is 17.2 Å². The highest BCUT2D eigenvalue weighted by Crippen LogP contribution is 2.29. The van der Waals surface area contributed by atoms with E-state index in [-0.39, 0.29) is 5.78 Å². The third kappa shape index (κ3) is 3.90. The summed E-state index contributed by atoms with van der Waals surface area (Å²) in [6, 6.07) is 23.1. The van der Waals surface area contributed by atoms with Gasteiger partial charge in [0.15, 0.2) is 0 Å². The summed E-state index contributed by atoms with van der Waals surface area (Å²) in [5, 5.41) is 0. The molecule has 3 aromatic rings. The fourth-order valence-electron chi connectivity index (χ4n) is 3.61. The number of carbonyl (C=O) groups is 1. The van der Waals surface area contributed by atoms with Crippen molar-refractivity contribution in [1.82, 2.24) is 0 Å². The second kappa shape index (κ2) is 7.32. The largest absolute Gasteiger partial charge is 0.299 e. The Morgan fingerprint density at radius 1 is 0.815 bits per heavy atom. The number of benzene rings is 3. The van der Waals surface area contributed by atoms with Gasteiger partial charge in [-0.25, -0.2) is 0 Å². The number of nitrogens with zero attached hydrogens (tertiary/aromatic N) is 1. The van der Waals surface area contributed by atoms with Crippen molar-refractivity contribution < 1.29 is 4.79 Å². The molecule has 0 saturated carbocycles. The molecule has 27 heavy (non-hydrogen) atoms. The lowest BCUT2D eigenvalue weighted by Gasteiger charge is -2.08. The highest BCUT2D eigenvalue weighted by Gasteiger charge is 2.18. The van der Waals surface area contributed by atoms with Gasteiger partial charge in [0, 0.05) is 12.8 Å². The molecular formula is C25H23NO. The smallest absolute Gasteiger partial charge is 0.143 e. The van der Waals surface area contributed by atoms with E-state index >= 15 is 0 Å². The summed E-state index contributed by atoms with van der Waals surface area (Å²) in [5.74, 6) is 0.226. The minimum Gasteiger partial charge on any atom is -0.299 e. The molecule has 134 valence electrons. The summed E-state index contributed by atoms with van der Waals surface area (Å²) in [4.78, 5) is 17.4. The average Bonchev–Trinajstić information content (AvgIpc) is 2.81. The minimum absolute atomic E-state index is 0.226. The van der Waals surface area contributed by atoms with Crippen LogP contribution in [0, 0.1) is 13.8 Å². The molecule has 1 aliphatic heterocycles. The second-order valence-corrected chi connectivity index (χ2v) is 7.38. The molecule has 0 N–H and O–H groups in total. The number of hydrogen-bond acceptors (Lipinski definition) is 2. The number of Topliss-reactive ketones (excluding diaryl/α,β-unsaturated/α-hetero) is 1. The van der Waals surface area contributed by atoms with Crippen LogP contribution in [0.25, 0.3) is 0 Å². The first-order valence-electron chi connectivity index (χ1n) is 9.41. The first-order chi connectivity index (χ1) is 13.1. The van der Waals surface area contributed by atoms with Gasteiger partial charge < -0.3 is 0 Å². The molecule has 3 aromatic carbocycles. The summed E-state index contributed by atoms with van der Waals surface area (Å²) < 4.78 is 0. The molecule has 0 aliphatic carbocycles. The number of aliphatic imine (C=N–C) groups is 1. The lowest BCUT2D eigenvalue weighted by molar-refractivity contribution is -0.117. The lowest BCUT2D eigenvalue weighted by atomic mass is 9.98. The Kier molecular flexibility index (Phi) is 4.72.